The quantitative estimate of drug-likeness (QED) is 0.281. The molecule has 4 heterocycles. The van der Waals surface area contributed by atoms with Gasteiger partial charge < -0.3 is 33.7 Å². The molecule has 0 aromatic heterocycles. The zero-order chi connectivity index (χ0) is 34.8. The van der Waals surface area contributed by atoms with Crippen LogP contribution in [0.5, 0.6) is 5.75 Å². The first kappa shape index (κ1) is 36.5. The second-order valence-electron chi connectivity index (χ2n) is 13.7. The summed E-state index contributed by atoms with van der Waals surface area (Å²) in [6.07, 6.45) is 5.01. The molecule has 0 radical (unpaired) electrons. The third-order valence-electron chi connectivity index (χ3n) is 10.2. The Labute approximate surface area is 292 Å². The van der Waals surface area contributed by atoms with Crippen LogP contribution >= 0.6 is 24.2 Å². The fourth-order valence-electron chi connectivity index (χ4n) is 7.18. The number of anilines is 1. The van der Waals surface area contributed by atoms with Crippen molar-refractivity contribution >= 4 is 47.9 Å². The Hall–Kier alpha value is -2.77. The number of methoxy groups -OCH3 is 2. The maximum atomic E-state index is 14.0. The number of hydrogen-bond donors (Lipinski definition) is 3. The van der Waals surface area contributed by atoms with Crippen LogP contribution in [0.4, 0.5) is 10.5 Å². The predicted octanol–water partition coefficient (Wildman–Crippen LogP) is 5.16. The second-order valence-corrected chi connectivity index (χ2v) is 14.5. The van der Waals surface area contributed by atoms with E-state index in [1.807, 2.05) is 25.1 Å². The predicted molar refractivity (Wildman–Crippen MR) is 183 cm³/mol. The molecule has 0 spiro atoms. The highest BCUT2D eigenvalue weighted by atomic mass is 35.5. The first-order chi connectivity index (χ1) is 22.8. The maximum absolute atomic E-state index is 14.0. The number of thiol groups is 1. The first-order valence-corrected chi connectivity index (χ1v) is 17.5. The number of fused-ring (bicyclic) bond motifs is 6. The molecule has 3 fully saturated rings. The number of aliphatic hydroxyl groups is 1. The molecule has 11 nitrogen and oxygen atoms in total. The number of nitrogens with zero attached hydrogens (tertiary/aromatic N) is 1. The Morgan fingerprint density at radius 1 is 1.17 bits per heavy atom. The van der Waals surface area contributed by atoms with E-state index in [0.717, 1.165) is 29.7 Å². The molecule has 1 aromatic rings. The first-order valence-electron chi connectivity index (χ1n) is 16.5. The van der Waals surface area contributed by atoms with Crippen LogP contribution < -0.4 is 15.0 Å². The summed E-state index contributed by atoms with van der Waals surface area (Å²) in [4.78, 5) is 41.7. The number of ether oxygens (including phenoxy) is 5. The standard InChI is InChI=1S/C35H47ClN2O9S/c1-20-7-6-8-28(44-5)35(42)18-26(45-33(41)37-35)27-17-34(2,47-27)29(46-32(40)23-11-9-21(19-48)10-12-23)16-30(39)38(3)24-14-22(13-20)15-25(43-4)31(24)36/h6-8,14-15,21,23,26-29,42,48H,9-13,16-19H2,1-5H3,(H,37,41)/b8-6+,20-7+/t21?,23?,26-,27?,28+,29-,34+,35-/m0/s1. The van der Waals surface area contributed by atoms with Gasteiger partial charge in [0, 0.05) is 27.0 Å². The topological polar surface area (TPSA) is 133 Å². The number of rotatable bonds is 5. The van der Waals surface area contributed by atoms with Gasteiger partial charge >= 0.3 is 12.1 Å². The zero-order valence-electron chi connectivity index (χ0n) is 28.2. The van der Waals surface area contributed by atoms with Gasteiger partial charge in [0.2, 0.25) is 5.91 Å². The molecule has 2 amide bonds. The lowest BCUT2D eigenvalue weighted by molar-refractivity contribution is -0.280. The lowest BCUT2D eigenvalue weighted by Gasteiger charge is -2.53. The molecule has 6 bridgehead atoms. The van der Waals surface area contributed by atoms with Gasteiger partial charge in [-0.05, 0) is 75.3 Å². The number of benzene rings is 1. The van der Waals surface area contributed by atoms with Crippen molar-refractivity contribution < 1.29 is 43.2 Å². The number of carbonyl (C=O) groups excluding carboxylic acids is 3. The highest BCUT2D eigenvalue weighted by Crippen LogP contribution is 2.44. The van der Waals surface area contributed by atoms with Crippen molar-refractivity contribution in [3.63, 3.8) is 0 Å². The lowest BCUT2D eigenvalue weighted by atomic mass is 9.79. The van der Waals surface area contributed by atoms with Gasteiger partial charge in [-0.15, -0.1) is 0 Å². The summed E-state index contributed by atoms with van der Waals surface area (Å²) >= 11 is 11.2. The summed E-state index contributed by atoms with van der Waals surface area (Å²) in [6.45, 7) is 3.73. The summed E-state index contributed by atoms with van der Waals surface area (Å²) in [7, 11) is 4.60. The van der Waals surface area contributed by atoms with Crippen molar-refractivity contribution in [1.29, 1.82) is 0 Å². The number of allylic oxidation sites excluding steroid dienone is 3. The average Bonchev–Trinajstić information content (AvgIpc) is 3.04. The third-order valence-corrected chi connectivity index (χ3v) is 11.1. The van der Waals surface area contributed by atoms with E-state index in [1.54, 1.807) is 26.1 Å². The van der Waals surface area contributed by atoms with Gasteiger partial charge in [-0.2, -0.15) is 12.6 Å². The molecule has 4 aliphatic heterocycles. The number of carbonyl (C=O) groups is 3. The van der Waals surface area contributed by atoms with Gasteiger partial charge in [0.15, 0.2) is 5.72 Å². The molecule has 2 saturated heterocycles. The minimum absolute atomic E-state index is 0.0182. The van der Waals surface area contributed by atoms with Crippen LogP contribution in [0.2, 0.25) is 5.02 Å². The molecule has 48 heavy (non-hydrogen) atoms. The van der Waals surface area contributed by atoms with E-state index in [9.17, 15) is 19.5 Å². The number of esters is 1. The lowest BCUT2D eigenvalue weighted by Crippen LogP contribution is -2.68. The van der Waals surface area contributed by atoms with Crippen molar-refractivity contribution in [3.05, 3.63) is 46.5 Å². The number of alkyl carbamates (subject to hydrolysis) is 1. The number of hydrogen-bond acceptors (Lipinski definition) is 10. The van der Waals surface area contributed by atoms with E-state index in [-0.39, 0.29) is 35.7 Å². The van der Waals surface area contributed by atoms with Gasteiger partial charge in [-0.1, -0.05) is 35.4 Å². The van der Waals surface area contributed by atoms with E-state index in [1.165, 1.54) is 19.1 Å². The van der Waals surface area contributed by atoms with Gasteiger partial charge in [0.05, 0.1) is 31.2 Å². The van der Waals surface area contributed by atoms with Crippen LogP contribution in [0, 0.1) is 11.8 Å². The fourth-order valence-corrected chi connectivity index (χ4v) is 7.86. The van der Waals surface area contributed by atoms with Crippen LogP contribution in [0.25, 0.3) is 0 Å². The zero-order valence-corrected chi connectivity index (χ0v) is 29.9. The second kappa shape index (κ2) is 15.0. The molecule has 1 aliphatic carbocycles. The number of halogens is 1. The van der Waals surface area contributed by atoms with Gasteiger partial charge in [-0.3, -0.25) is 14.9 Å². The van der Waals surface area contributed by atoms with Crippen molar-refractivity contribution in [2.45, 2.75) is 101 Å². The Bertz CT molecular complexity index is 1440. The van der Waals surface area contributed by atoms with Crippen molar-refractivity contribution in [2.75, 3.05) is 31.9 Å². The molecule has 6 atom stereocenters. The smallest absolute Gasteiger partial charge is 0.409 e. The molecule has 13 heteroatoms. The highest BCUT2D eigenvalue weighted by Gasteiger charge is 2.57. The third kappa shape index (κ3) is 7.83. The van der Waals surface area contributed by atoms with Crippen molar-refractivity contribution in [1.82, 2.24) is 5.32 Å². The van der Waals surface area contributed by atoms with E-state index in [2.05, 4.69) is 17.9 Å². The van der Waals surface area contributed by atoms with Gasteiger partial charge in [-0.25, -0.2) is 4.79 Å². The Kier molecular flexibility index (Phi) is 11.4. The monoisotopic (exact) mass is 706 g/mol. The maximum Gasteiger partial charge on any atom is 0.409 e. The Morgan fingerprint density at radius 3 is 2.52 bits per heavy atom. The number of amides is 2. The molecule has 2 N–H and O–H groups in total. The molecule has 264 valence electrons. The van der Waals surface area contributed by atoms with E-state index in [4.69, 9.17) is 35.3 Å². The van der Waals surface area contributed by atoms with Crippen LogP contribution in [-0.2, 0) is 35.0 Å². The molecular weight excluding hydrogens is 660 g/mol. The molecular formula is C35H47ClN2O9S. The summed E-state index contributed by atoms with van der Waals surface area (Å²) in [5.41, 5.74) is -0.577. The summed E-state index contributed by atoms with van der Waals surface area (Å²) < 4.78 is 29.3. The highest BCUT2D eigenvalue weighted by molar-refractivity contribution is 7.80. The van der Waals surface area contributed by atoms with Crippen LogP contribution in [-0.4, -0.2) is 85.8 Å². The Balaban J connectivity index is 1.50. The molecule has 1 saturated carbocycles. The SMILES string of the molecule is COc1cc2cc(c1Cl)N(C)C(=O)C[C@H](OC(=O)C1CCC(CS)CC1)[C@@]1(C)CC(O1)[C@@H]1C[C@@](O)(NC(=O)O1)[C@H](OC)/C=C/C=C(\C)C2. The van der Waals surface area contributed by atoms with E-state index in [0.29, 0.717) is 43.0 Å². The van der Waals surface area contributed by atoms with Gasteiger partial charge in [0.1, 0.15) is 34.7 Å². The largest absolute Gasteiger partial charge is 0.495 e. The van der Waals surface area contributed by atoms with E-state index >= 15 is 0 Å². The average molecular weight is 707 g/mol. The molecule has 6 rings (SSSR count). The van der Waals surface area contributed by atoms with Crippen LogP contribution in [0.1, 0.15) is 64.4 Å². The minimum atomic E-state index is -1.78. The normalized spacial score (nSPS) is 36.1. The Morgan fingerprint density at radius 2 is 1.88 bits per heavy atom. The van der Waals surface area contributed by atoms with Crippen LogP contribution in [0.3, 0.4) is 0 Å². The summed E-state index contributed by atoms with van der Waals surface area (Å²) in [5.74, 6) is 0.690. The summed E-state index contributed by atoms with van der Waals surface area (Å²) in [5, 5.41) is 14.4. The molecule has 1 unspecified atom stereocenters. The minimum Gasteiger partial charge on any atom is -0.495 e. The van der Waals surface area contributed by atoms with Crippen molar-refractivity contribution in [2.24, 2.45) is 11.8 Å². The fraction of sp³-hybridized carbons (Fsp3) is 0.629. The van der Waals surface area contributed by atoms with Crippen molar-refractivity contribution in [3.8, 4) is 5.75 Å². The summed E-state index contributed by atoms with van der Waals surface area (Å²) in [6, 6.07) is 3.66. The van der Waals surface area contributed by atoms with E-state index < -0.39 is 41.8 Å². The molecule has 1 aromatic carbocycles. The molecule has 5 aliphatic rings. The number of nitrogens with one attached hydrogen (secondary N) is 1. The van der Waals surface area contributed by atoms with Crippen LogP contribution in [0.15, 0.2) is 35.9 Å². The van der Waals surface area contributed by atoms with Gasteiger partial charge in [0.25, 0.3) is 0 Å².